The Morgan fingerprint density at radius 2 is 2.31 bits per heavy atom. The first-order valence-corrected chi connectivity index (χ1v) is 8.29. The summed E-state index contributed by atoms with van der Waals surface area (Å²) >= 11 is 0. The Bertz CT molecular complexity index is 1090. The van der Waals surface area contributed by atoms with Gasteiger partial charge in [-0.25, -0.2) is 0 Å². The minimum Gasteiger partial charge on any atom is -0.368 e. The minimum atomic E-state index is -0.449. The van der Waals surface area contributed by atoms with Crippen LogP contribution in [-0.2, 0) is 0 Å². The lowest BCUT2D eigenvalue weighted by atomic mass is 10.1. The van der Waals surface area contributed by atoms with Crippen LogP contribution in [0.15, 0.2) is 35.5 Å². The number of nitriles is 1. The number of pyridine rings is 2. The minimum absolute atomic E-state index is 0.0549. The maximum absolute atomic E-state index is 12.4. The van der Waals surface area contributed by atoms with Gasteiger partial charge in [-0.15, -0.1) is 0 Å². The van der Waals surface area contributed by atoms with Crippen LogP contribution in [0.4, 0.5) is 5.69 Å². The van der Waals surface area contributed by atoms with Gasteiger partial charge in [0.05, 0.1) is 23.4 Å². The maximum Gasteiger partial charge on any atom is 0.268 e. The monoisotopic (exact) mass is 348 g/mol. The summed E-state index contributed by atoms with van der Waals surface area (Å²) in [4.78, 5) is 32.9. The predicted octanol–water partition coefficient (Wildman–Crippen LogP) is 1.65. The molecule has 1 aliphatic rings. The highest BCUT2D eigenvalue weighted by Gasteiger charge is 2.28. The van der Waals surface area contributed by atoms with Crippen molar-refractivity contribution in [3.63, 3.8) is 0 Å². The number of aromatic amines is 1. The Balaban J connectivity index is 1.87. The molecule has 1 aliphatic heterocycles. The second-order valence-electron chi connectivity index (χ2n) is 6.34. The number of carbonyl (C=O) groups is 1. The van der Waals surface area contributed by atoms with E-state index in [2.05, 4.69) is 15.1 Å². The quantitative estimate of drug-likeness (QED) is 0.721. The fraction of sp³-hybridized carbons (Fsp3) is 0.278. The van der Waals surface area contributed by atoms with E-state index in [1.807, 2.05) is 27.9 Å². The van der Waals surface area contributed by atoms with Crippen molar-refractivity contribution in [1.82, 2.24) is 19.7 Å². The molecule has 0 spiro atoms. The number of aromatic nitrogens is 4. The number of H-pyrrole nitrogens is 1. The molecule has 0 radical (unpaired) electrons. The topological polar surface area (TPSA) is 108 Å². The third-order valence-electron chi connectivity index (χ3n) is 4.72. The Hall–Kier alpha value is -3.47. The molecule has 8 nitrogen and oxygen atoms in total. The Labute approximate surface area is 148 Å². The van der Waals surface area contributed by atoms with Crippen molar-refractivity contribution in [2.75, 3.05) is 18.0 Å². The lowest BCUT2D eigenvalue weighted by Gasteiger charge is -2.22. The third kappa shape index (κ3) is 2.54. The number of Topliss-reactive ketones (excluding diaryl/α,β-unsaturated/α-hetero) is 1. The highest BCUT2D eigenvalue weighted by molar-refractivity contribution is 6.00. The maximum atomic E-state index is 12.4. The number of fused-ring (bicyclic) bond motifs is 1. The molecule has 4 rings (SSSR count). The van der Waals surface area contributed by atoms with Crippen LogP contribution >= 0.6 is 0 Å². The van der Waals surface area contributed by atoms with Gasteiger partial charge in [-0.05, 0) is 18.6 Å². The van der Waals surface area contributed by atoms with Gasteiger partial charge < -0.3 is 9.88 Å². The highest BCUT2D eigenvalue weighted by atomic mass is 16.1. The van der Waals surface area contributed by atoms with E-state index in [1.165, 1.54) is 13.1 Å². The van der Waals surface area contributed by atoms with E-state index in [-0.39, 0.29) is 17.4 Å². The van der Waals surface area contributed by atoms with Crippen LogP contribution < -0.4 is 10.5 Å². The van der Waals surface area contributed by atoms with E-state index in [4.69, 9.17) is 0 Å². The number of hydrogen-bond donors (Lipinski definition) is 1. The van der Waals surface area contributed by atoms with Gasteiger partial charge in [0.25, 0.3) is 5.56 Å². The summed E-state index contributed by atoms with van der Waals surface area (Å²) in [6.45, 7) is 2.76. The molecule has 0 amide bonds. The standard InChI is InChI=1S/C18H16N6O2/c1-11(25)15-7-13-16(9-20-15)22-18(26)14(8-19)17(13)23-6-3-12(10-23)24-5-2-4-21-24/h2,4-5,7,9,12H,3,6,10H2,1H3,(H,22,26)/t12-/m1/s1. The first kappa shape index (κ1) is 16.0. The second kappa shape index (κ2) is 6.11. The van der Waals surface area contributed by atoms with Gasteiger partial charge in [0.1, 0.15) is 17.3 Å². The van der Waals surface area contributed by atoms with Gasteiger partial charge in [0.2, 0.25) is 0 Å². The molecule has 0 bridgehead atoms. The summed E-state index contributed by atoms with van der Waals surface area (Å²) in [5, 5.41) is 14.5. The summed E-state index contributed by atoms with van der Waals surface area (Å²) in [6.07, 6.45) is 5.97. The zero-order chi connectivity index (χ0) is 18.3. The average Bonchev–Trinajstić information content (AvgIpc) is 3.31. The molecule has 1 saturated heterocycles. The number of hydrogen-bond acceptors (Lipinski definition) is 6. The Morgan fingerprint density at radius 1 is 1.46 bits per heavy atom. The molecule has 8 heteroatoms. The summed E-state index contributed by atoms with van der Waals surface area (Å²) < 4.78 is 1.89. The van der Waals surface area contributed by atoms with E-state index in [0.29, 0.717) is 35.4 Å². The second-order valence-corrected chi connectivity index (χ2v) is 6.34. The van der Waals surface area contributed by atoms with Crippen LogP contribution in [0, 0.1) is 11.3 Å². The van der Waals surface area contributed by atoms with Crippen molar-refractivity contribution in [1.29, 1.82) is 5.26 Å². The summed E-state index contributed by atoms with van der Waals surface area (Å²) in [6, 6.07) is 5.70. The van der Waals surface area contributed by atoms with E-state index in [9.17, 15) is 14.9 Å². The molecule has 130 valence electrons. The fourth-order valence-electron chi connectivity index (χ4n) is 3.46. The van der Waals surface area contributed by atoms with Crippen LogP contribution in [0.3, 0.4) is 0 Å². The molecule has 4 heterocycles. The largest absolute Gasteiger partial charge is 0.368 e. The zero-order valence-corrected chi connectivity index (χ0v) is 14.1. The third-order valence-corrected chi connectivity index (χ3v) is 4.72. The number of anilines is 1. The van der Waals surface area contributed by atoms with Crippen LogP contribution in [0.1, 0.15) is 35.4 Å². The van der Waals surface area contributed by atoms with Crippen molar-refractivity contribution in [2.24, 2.45) is 0 Å². The Morgan fingerprint density at radius 3 is 3.00 bits per heavy atom. The van der Waals surface area contributed by atoms with Gasteiger partial charge >= 0.3 is 0 Å². The number of nitrogens with zero attached hydrogens (tertiary/aromatic N) is 5. The van der Waals surface area contributed by atoms with Crippen LogP contribution in [0.5, 0.6) is 0 Å². The van der Waals surface area contributed by atoms with Crippen molar-refractivity contribution < 1.29 is 4.79 Å². The van der Waals surface area contributed by atoms with E-state index < -0.39 is 5.56 Å². The summed E-state index contributed by atoms with van der Waals surface area (Å²) in [5.41, 5.74) is 0.981. The van der Waals surface area contributed by atoms with E-state index in [1.54, 1.807) is 12.3 Å². The van der Waals surface area contributed by atoms with Gasteiger partial charge in [-0.1, -0.05) is 0 Å². The molecule has 3 aromatic rings. The summed E-state index contributed by atoms with van der Waals surface area (Å²) in [7, 11) is 0. The zero-order valence-electron chi connectivity index (χ0n) is 14.1. The number of rotatable bonds is 3. The molecule has 1 N–H and O–H groups in total. The Kier molecular flexibility index (Phi) is 3.77. The smallest absolute Gasteiger partial charge is 0.268 e. The SMILES string of the molecule is CC(=O)c1cc2c(N3CC[C@@H](n4cccn4)C3)c(C#N)c(=O)[nH]c2cn1. The van der Waals surface area contributed by atoms with Crippen LogP contribution in [-0.4, -0.2) is 38.6 Å². The predicted molar refractivity (Wildman–Crippen MR) is 95.2 cm³/mol. The number of nitrogens with one attached hydrogen (secondary N) is 1. The molecule has 0 unspecified atom stereocenters. The lowest BCUT2D eigenvalue weighted by molar-refractivity contribution is 0.101. The van der Waals surface area contributed by atoms with Crippen molar-refractivity contribution in [3.05, 3.63) is 52.3 Å². The van der Waals surface area contributed by atoms with Gasteiger partial charge in [0.15, 0.2) is 5.78 Å². The molecule has 1 atom stereocenters. The molecule has 26 heavy (non-hydrogen) atoms. The van der Waals surface area contributed by atoms with Crippen molar-refractivity contribution in [3.8, 4) is 6.07 Å². The van der Waals surface area contributed by atoms with Gasteiger partial charge in [-0.2, -0.15) is 10.4 Å². The van der Waals surface area contributed by atoms with Crippen molar-refractivity contribution in [2.45, 2.75) is 19.4 Å². The summed E-state index contributed by atoms with van der Waals surface area (Å²) in [5.74, 6) is -0.168. The fourth-order valence-corrected chi connectivity index (χ4v) is 3.46. The number of ketones is 1. The molecule has 0 aromatic carbocycles. The van der Waals surface area contributed by atoms with Crippen LogP contribution in [0.25, 0.3) is 10.9 Å². The van der Waals surface area contributed by atoms with Crippen molar-refractivity contribution >= 4 is 22.4 Å². The normalized spacial score (nSPS) is 16.8. The van der Waals surface area contributed by atoms with Gasteiger partial charge in [0, 0.05) is 37.8 Å². The molecule has 0 aliphatic carbocycles. The lowest BCUT2D eigenvalue weighted by Crippen LogP contribution is -2.26. The molecular formula is C18H16N6O2. The van der Waals surface area contributed by atoms with Gasteiger partial charge in [-0.3, -0.25) is 19.3 Å². The van der Waals surface area contributed by atoms with Crippen LogP contribution in [0.2, 0.25) is 0 Å². The van der Waals surface area contributed by atoms with E-state index in [0.717, 1.165) is 6.42 Å². The number of carbonyl (C=O) groups excluding carboxylic acids is 1. The molecule has 0 saturated carbocycles. The first-order chi connectivity index (χ1) is 12.6. The molecule has 3 aromatic heterocycles. The van der Waals surface area contributed by atoms with E-state index >= 15 is 0 Å². The highest BCUT2D eigenvalue weighted by Crippen LogP contribution is 2.33. The first-order valence-electron chi connectivity index (χ1n) is 8.29. The molecule has 1 fully saturated rings. The average molecular weight is 348 g/mol. The molecular weight excluding hydrogens is 332 g/mol.